The lowest BCUT2D eigenvalue weighted by Crippen LogP contribution is -2.40. The van der Waals surface area contributed by atoms with Gasteiger partial charge in [0.05, 0.1) is 16.6 Å². The van der Waals surface area contributed by atoms with Crippen LogP contribution in [0.25, 0.3) is 11.4 Å². The van der Waals surface area contributed by atoms with Crippen molar-refractivity contribution in [1.29, 1.82) is 0 Å². The Kier molecular flexibility index (Phi) is 8.84. The van der Waals surface area contributed by atoms with Crippen LogP contribution in [0.2, 0.25) is 15.1 Å². The highest BCUT2D eigenvalue weighted by Crippen LogP contribution is 2.30. The molecular formula is C21H17Cl3F3N5O5. The molecule has 0 saturated carbocycles. The Morgan fingerprint density at radius 3 is 2.41 bits per heavy atom. The van der Waals surface area contributed by atoms with Gasteiger partial charge < -0.3 is 10.4 Å². The van der Waals surface area contributed by atoms with E-state index in [1.807, 2.05) is 0 Å². The van der Waals surface area contributed by atoms with Gasteiger partial charge in [-0.2, -0.15) is 13.2 Å². The number of hydrogen-bond acceptors (Lipinski definition) is 6. The Balaban J connectivity index is 1.94. The maximum absolute atomic E-state index is 13.0. The van der Waals surface area contributed by atoms with Crippen LogP contribution in [0.4, 0.5) is 13.2 Å². The first-order chi connectivity index (χ1) is 17.3. The van der Waals surface area contributed by atoms with Gasteiger partial charge in [-0.3, -0.25) is 19.5 Å². The summed E-state index contributed by atoms with van der Waals surface area (Å²) in [7, 11) is 0. The molecule has 2 aromatic carbocycles. The van der Waals surface area contributed by atoms with Crippen LogP contribution in [0.1, 0.15) is 11.6 Å². The number of aromatic nitrogens is 3. The van der Waals surface area contributed by atoms with E-state index in [0.717, 1.165) is 0 Å². The third kappa shape index (κ3) is 7.01. The largest absolute Gasteiger partial charge is 0.416 e. The molecule has 0 radical (unpaired) electrons. The number of carbonyl (C=O) groups is 1. The number of benzene rings is 2. The van der Waals surface area contributed by atoms with E-state index in [1.54, 1.807) is 0 Å². The fourth-order valence-electron chi connectivity index (χ4n) is 3.33. The molecule has 3 rings (SSSR count). The smallest absolute Gasteiger partial charge is 0.382 e. The van der Waals surface area contributed by atoms with Crippen molar-refractivity contribution in [3.05, 3.63) is 83.7 Å². The molecule has 10 nitrogen and oxygen atoms in total. The molecule has 37 heavy (non-hydrogen) atoms. The van der Waals surface area contributed by atoms with Crippen LogP contribution in [0.5, 0.6) is 0 Å². The first kappa shape index (κ1) is 28.4. The quantitative estimate of drug-likeness (QED) is 0.292. The zero-order valence-corrected chi connectivity index (χ0v) is 20.7. The number of aliphatic hydroxyl groups excluding tert-OH is 1. The van der Waals surface area contributed by atoms with Gasteiger partial charge in [-0.05, 0) is 30.3 Å². The third-order valence-electron chi connectivity index (χ3n) is 5.08. The minimum Gasteiger partial charge on any atom is -0.382 e. The topological polar surface area (TPSA) is 132 Å². The van der Waals surface area contributed by atoms with Crippen molar-refractivity contribution in [2.45, 2.75) is 31.4 Å². The van der Waals surface area contributed by atoms with Crippen LogP contribution in [-0.4, -0.2) is 49.1 Å². The highest BCUT2D eigenvalue weighted by Gasteiger charge is 2.39. The molecule has 2 N–H and O–H groups in total. The van der Waals surface area contributed by atoms with Crippen LogP contribution < -0.4 is 11.0 Å². The summed E-state index contributed by atoms with van der Waals surface area (Å²) in [4.78, 5) is 36.1. The Hall–Kier alpha value is -3.13. The lowest BCUT2D eigenvalue weighted by atomic mass is 10.1. The van der Waals surface area contributed by atoms with Crippen LogP contribution in [0, 0.1) is 10.1 Å². The van der Waals surface area contributed by atoms with Crippen molar-refractivity contribution >= 4 is 40.7 Å². The molecule has 0 saturated heterocycles. The zero-order chi connectivity index (χ0) is 27.5. The number of amides is 1. The van der Waals surface area contributed by atoms with Crippen molar-refractivity contribution in [1.82, 2.24) is 19.7 Å². The molecule has 198 valence electrons. The second kappa shape index (κ2) is 11.5. The standard InChI is InChI=1S/C21H17Cl3F3N5O5/c22-12-6-4-11(5-7-12)19-29-31(20(35)30(19)9-16(33)21(25,26)27)10-17(34)28-15(8-32(36)37)13-2-1-3-14(23)18(13)24/h1-7,15-16,33H,8-10H2,(H,28,34). The normalized spacial score (nSPS) is 13.3. The molecule has 1 amide bonds. The van der Waals surface area contributed by atoms with Gasteiger partial charge in [0.25, 0.3) is 0 Å². The van der Waals surface area contributed by atoms with Crippen molar-refractivity contribution in [2.75, 3.05) is 6.54 Å². The number of halogens is 6. The van der Waals surface area contributed by atoms with E-state index in [2.05, 4.69) is 10.4 Å². The Morgan fingerprint density at radius 1 is 1.16 bits per heavy atom. The van der Waals surface area contributed by atoms with Crippen molar-refractivity contribution in [3.8, 4) is 11.4 Å². The fraction of sp³-hybridized carbons (Fsp3) is 0.286. The summed E-state index contributed by atoms with van der Waals surface area (Å²) >= 11 is 17.9. The number of nitro groups is 1. The molecule has 3 aromatic rings. The molecule has 16 heteroatoms. The van der Waals surface area contributed by atoms with E-state index < -0.39 is 54.5 Å². The average molecular weight is 583 g/mol. The summed E-state index contributed by atoms with van der Waals surface area (Å²) in [5, 5.41) is 27.4. The van der Waals surface area contributed by atoms with Gasteiger partial charge in [-0.1, -0.05) is 46.9 Å². The van der Waals surface area contributed by atoms with Crippen molar-refractivity contribution < 1.29 is 28.0 Å². The first-order valence-corrected chi connectivity index (χ1v) is 11.4. The van der Waals surface area contributed by atoms with Gasteiger partial charge in [-0.25, -0.2) is 9.48 Å². The van der Waals surface area contributed by atoms with Gasteiger partial charge in [0.1, 0.15) is 12.6 Å². The Labute approximate surface area is 221 Å². The highest BCUT2D eigenvalue weighted by molar-refractivity contribution is 6.42. The van der Waals surface area contributed by atoms with E-state index in [0.29, 0.717) is 14.3 Å². The van der Waals surface area contributed by atoms with Crippen molar-refractivity contribution in [3.63, 3.8) is 0 Å². The fourth-order valence-corrected chi connectivity index (χ4v) is 3.90. The number of aliphatic hydroxyl groups is 1. The number of nitrogens with one attached hydrogen (secondary N) is 1. The lowest BCUT2D eigenvalue weighted by molar-refractivity contribution is -0.484. The van der Waals surface area contributed by atoms with E-state index in [4.69, 9.17) is 34.8 Å². The zero-order valence-electron chi connectivity index (χ0n) is 18.5. The second-order valence-electron chi connectivity index (χ2n) is 7.72. The second-order valence-corrected chi connectivity index (χ2v) is 8.94. The van der Waals surface area contributed by atoms with Crippen LogP contribution in [0.15, 0.2) is 47.3 Å². The van der Waals surface area contributed by atoms with Crippen LogP contribution in [0.3, 0.4) is 0 Å². The predicted molar refractivity (Wildman–Crippen MR) is 128 cm³/mol. The molecule has 2 atom stereocenters. The van der Waals surface area contributed by atoms with Crippen molar-refractivity contribution in [2.24, 2.45) is 0 Å². The Bertz CT molecular complexity index is 1360. The van der Waals surface area contributed by atoms with Crippen LogP contribution in [-0.2, 0) is 17.9 Å². The predicted octanol–water partition coefficient (Wildman–Crippen LogP) is 3.73. The monoisotopic (exact) mass is 581 g/mol. The van der Waals surface area contributed by atoms with Gasteiger partial charge in [0.15, 0.2) is 11.9 Å². The molecule has 1 aromatic heterocycles. The van der Waals surface area contributed by atoms with Gasteiger partial charge >= 0.3 is 11.9 Å². The Morgan fingerprint density at radius 2 is 1.81 bits per heavy atom. The molecular weight excluding hydrogens is 566 g/mol. The van der Waals surface area contributed by atoms with Crippen LogP contribution >= 0.6 is 34.8 Å². The summed E-state index contributed by atoms with van der Waals surface area (Å²) in [6.07, 6.45) is -7.92. The molecule has 2 unspecified atom stereocenters. The number of alkyl halides is 3. The molecule has 0 aliphatic carbocycles. The van der Waals surface area contributed by atoms with E-state index in [1.165, 1.54) is 42.5 Å². The molecule has 0 aliphatic rings. The number of hydrogen-bond donors (Lipinski definition) is 2. The highest BCUT2D eigenvalue weighted by atomic mass is 35.5. The van der Waals surface area contributed by atoms with E-state index in [-0.39, 0.29) is 27.0 Å². The average Bonchev–Trinajstić information content (AvgIpc) is 3.09. The third-order valence-corrected chi connectivity index (χ3v) is 6.16. The summed E-state index contributed by atoms with van der Waals surface area (Å²) < 4.78 is 40.1. The van der Waals surface area contributed by atoms with Gasteiger partial charge in [-0.15, -0.1) is 5.10 Å². The first-order valence-electron chi connectivity index (χ1n) is 10.3. The number of carbonyl (C=O) groups excluding carboxylic acids is 1. The number of rotatable bonds is 9. The minimum absolute atomic E-state index is 0.0241. The van der Waals surface area contributed by atoms with Gasteiger partial charge in [0.2, 0.25) is 12.5 Å². The maximum atomic E-state index is 13.0. The number of nitrogens with zero attached hydrogens (tertiary/aromatic N) is 4. The maximum Gasteiger partial charge on any atom is 0.416 e. The SMILES string of the molecule is O=C(Cn1nc(-c2ccc(Cl)cc2)n(CC(O)C(F)(F)F)c1=O)NC(C[N+](=O)[O-])c1cccc(Cl)c1Cl. The summed E-state index contributed by atoms with van der Waals surface area (Å²) in [6.45, 7) is -2.77. The van der Waals surface area contributed by atoms with E-state index in [9.17, 15) is 38.0 Å². The lowest BCUT2D eigenvalue weighted by Gasteiger charge is -2.17. The minimum atomic E-state index is -5.03. The summed E-state index contributed by atoms with van der Waals surface area (Å²) in [5.74, 6) is -1.19. The summed E-state index contributed by atoms with van der Waals surface area (Å²) in [5.41, 5.74) is -0.797. The molecule has 0 aliphatic heterocycles. The van der Waals surface area contributed by atoms with E-state index >= 15 is 0 Å². The summed E-state index contributed by atoms with van der Waals surface area (Å²) in [6, 6.07) is 8.69. The molecule has 0 fully saturated rings. The molecule has 0 bridgehead atoms. The van der Waals surface area contributed by atoms with Gasteiger partial charge in [0, 0.05) is 21.1 Å². The molecule has 0 spiro atoms. The molecule has 1 heterocycles.